The van der Waals surface area contributed by atoms with Crippen LogP contribution in [0.25, 0.3) is 0 Å². The van der Waals surface area contributed by atoms with Crippen LogP contribution < -0.4 is 10.2 Å². The van der Waals surface area contributed by atoms with Gasteiger partial charge in [0.2, 0.25) is 5.95 Å². The number of hydrogen-bond donors (Lipinski definition) is 1. The molecule has 1 N–H and O–H groups in total. The van der Waals surface area contributed by atoms with E-state index in [1.807, 2.05) is 19.9 Å². The highest BCUT2D eigenvalue weighted by Crippen LogP contribution is 2.19. The van der Waals surface area contributed by atoms with Crippen molar-refractivity contribution in [3.8, 4) is 0 Å². The van der Waals surface area contributed by atoms with Crippen LogP contribution in [0.15, 0.2) is 11.1 Å². The lowest BCUT2D eigenvalue weighted by Gasteiger charge is -2.36. The van der Waals surface area contributed by atoms with Crippen molar-refractivity contribution < 1.29 is 8.42 Å². The molecular formula is C18H31IN6O2S. The van der Waals surface area contributed by atoms with Crippen LogP contribution >= 0.6 is 24.0 Å². The van der Waals surface area contributed by atoms with Gasteiger partial charge in [-0.05, 0) is 39.2 Å². The molecule has 3 rings (SSSR count). The molecule has 0 aliphatic carbocycles. The van der Waals surface area contributed by atoms with Crippen LogP contribution in [0.3, 0.4) is 0 Å². The third-order valence-electron chi connectivity index (χ3n) is 4.99. The van der Waals surface area contributed by atoms with Crippen LogP contribution in [0, 0.1) is 19.8 Å². The molecule has 2 aliphatic rings. The molecule has 1 aromatic rings. The normalized spacial score (nSPS) is 22.1. The quantitative estimate of drug-likeness (QED) is 0.362. The van der Waals surface area contributed by atoms with Crippen LogP contribution in [-0.4, -0.2) is 80.0 Å². The standard InChI is InChI=1S/C18H30N6O2S.HI/c1-4-19-17(20-12-16-5-10-27(25,26)13-16)23-6-8-24(9-7-23)18-21-14(2)11-15(3)22-18;/h11,16H,4-10,12-13H2,1-3H3,(H,19,20);1H. The van der Waals surface area contributed by atoms with Crippen LogP contribution in [0.5, 0.6) is 0 Å². The molecule has 1 unspecified atom stereocenters. The fourth-order valence-electron chi connectivity index (χ4n) is 3.62. The molecule has 0 saturated carbocycles. The molecule has 10 heteroatoms. The van der Waals surface area contributed by atoms with Gasteiger partial charge in [-0.25, -0.2) is 18.4 Å². The summed E-state index contributed by atoms with van der Waals surface area (Å²) in [6.07, 6.45) is 0.725. The van der Waals surface area contributed by atoms with Gasteiger partial charge < -0.3 is 15.1 Å². The summed E-state index contributed by atoms with van der Waals surface area (Å²) in [4.78, 5) is 18.3. The molecule has 0 spiro atoms. The van der Waals surface area contributed by atoms with E-state index in [1.54, 1.807) is 0 Å². The first-order valence-corrected chi connectivity index (χ1v) is 11.5. The number of nitrogens with zero attached hydrogens (tertiary/aromatic N) is 5. The summed E-state index contributed by atoms with van der Waals surface area (Å²) in [5.41, 5.74) is 1.97. The maximum Gasteiger partial charge on any atom is 0.225 e. The van der Waals surface area contributed by atoms with Gasteiger partial charge in [0.1, 0.15) is 0 Å². The second-order valence-corrected chi connectivity index (χ2v) is 9.62. The average molecular weight is 522 g/mol. The van der Waals surface area contributed by atoms with Gasteiger partial charge in [0, 0.05) is 50.7 Å². The van der Waals surface area contributed by atoms with E-state index < -0.39 is 9.84 Å². The van der Waals surface area contributed by atoms with Crippen LogP contribution in [0.2, 0.25) is 0 Å². The number of hydrogen-bond acceptors (Lipinski definition) is 6. The third kappa shape index (κ3) is 6.16. The molecule has 0 bridgehead atoms. The van der Waals surface area contributed by atoms with Gasteiger partial charge in [-0.15, -0.1) is 24.0 Å². The minimum Gasteiger partial charge on any atom is -0.357 e. The summed E-state index contributed by atoms with van der Waals surface area (Å²) in [5, 5.41) is 3.35. The van der Waals surface area contributed by atoms with E-state index in [4.69, 9.17) is 4.99 Å². The Morgan fingerprint density at radius 3 is 2.39 bits per heavy atom. The zero-order valence-corrected chi connectivity index (χ0v) is 20.0. The molecule has 2 aliphatic heterocycles. The number of nitrogens with one attached hydrogen (secondary N) is 1. The van der Waals surface area contributed by atoms with Gasteiger partial charge in [0.15, 0.2) is 15.8 Å². The first-order valence-electron chi connectivity index (χ1n) is 9.67. The van der Waals surface area contributed by atoms with Crippen LogP contribution in [-0.2, 0) is 9.84 Å². The van der Waals surface area contributed by atoms with Gasteiger partial charge >= 0.3 is 0 Å². The van der Waals surface area contributed by atoms with Crippen molar-refractivity contribution in [3.05, 3.63) is 17.5 Å². The molecule has 28 heavy (non-hydrogen) atoms. The van der Waals surface area contributed by atoms with E-state index >= 15 is 0 Å². The molecule has 2 saturated heterocycles. The Bertz CT molecular complexity index is 773. The summed E-state index contributed by atoms with van der Waals surface area (Å²) >= 11 is 0. The number of anilines is 1. The molecule has 0 aromatic carbocycles. The second-order valence-electron chi connectivity index (χ2n) is 7.39. The molecule has 8 nitrogen and oxygen atoms in total. The van der Waals surface area contributed by atoms with Crippen molar-refractivity contribution in [2.75, 3.05) is 55.7 Å². The van der Waals surface area contributed by atoms with Crippen LogP contribution in [0.1, 0.15) is 24.7 Å². The fourth-order valence-corrected chi connectivity index (χ4v) is 5.47. The Balaban J connectivity index is 0.00000280. The lowest BCUT2D eigenvalue weighted by Crippen LogP contribution is -2.53. The van der Waals surface area contributed by atoms with Crippen molar-refractivity contribution in [1.29, 1.82) is 0 Å². The van der Waals surface area contributed by atoms with E-state index in [2.05, 4.69) is 32.0 Å². The molecule has 3 heterocycles. The zero-order chi connectivity index (χ0) is 19.4. The van der Waals surface area contributed by atoms with E-state index in [1.165, 1.54) is 0 Å². The lowest BCUT2D eigenvalue weighted by molar-refractivity contribution is 0.369. The first-order chi connectivity index (χ1) is 12.9. The molecule has 1 aromatic heterocycles. The number of guanidine groups is 1. The van der Waals surface area contributed by atoms with Gasteiger partial charge in [-0.2, -0.15) is 0 Å². The van der Waals surface area contributed by atoms with Crippen molar-refractivity contribution in [1.82, 2.24) is 20.2 Å². The maximum atomic E-state index is 11.6. The smallest absolute Gasteiger partial charge is 0.225 e. The van der Waals surface area contributed by atoms with Gasteiger partial charge in [0.05, 0.1) is 11.5 Å². The molecular weight excluding hydrogens is 491 g/mol. The summed E-state index contributed by atoms with van der Waals surface area (Å²) in [5.74, 6) is 2.40. The molecule has 2 fully saturated rings. The highest BCUT2D eigenvalue weighted by Gasteiger charge is 2.28. The SMILES string of the molecule is CCNC(=NCC1CCS(=O)(=O)C1)N1CCN(c2nc(C)cc(C)n2)CC1.I. The van der Waals surface area contributed by atoms with E-state index in [0.29, 0.717) is 12.3 Å². The Kier molecular flexibility index (Phi) is 8.29. The Hall–Kier alpha value is -1.17. The Morgan fingerprint density at radius 2 is 1.86 bits per heavy atom. The maximum absolute atomic E-state index is 11.6. The number of piperazine rings is 1. The van der Waals surface area contributed by atoms with Crippen molar-refractivity contribution >= 4 is 45.7 Å². The molecule has 1 atom stereocenters. The second kappa shape index (κ2) is 10.0. The van der Waals surface area contributed by atoms with Crippen molar-refractivity contribution in [2.24, 2.45) is 10.9 Å². The number of aliphatic imine (C=N–C) groups is 1. The highest BCUT2D eigenvalue weighted by molar-refractivity contribution is 14.0. The summed E-state index contributed by atoms with van der Waals surface area (Å²) in [6.45, 7) is 10.8. The zero-order valence-electron chi connectivity index (χ0n) is 16.9. The van der Waals surface area contributed by atoms with Gasteiger partial charge in [0.25, 0.3) is 0 Å². The topological polar surface area (TPSA) is 90.8 Å². The monoisotopic (exact) mass is 522 g/mol. The van der Waals surface area contributed by atoms with Crippen LogP contribution in [0.4, 0.5) is 5.95 Å². The minimum absolute atomic E-state index is 0. The fraction of sp³-hybridized carbons (Fsp3) is 0.722. The van der Waals surface area contributed by atoms with Gasteiger partial charge in [-0.3, -0.25) is 4.99 Å². The minimum atomic E-state index is -2.85. The third-order valence-corrected chi connectivity index (χ3v) is 6.83. The predicted molar refractivity (Wildman–Crippen MR) is 123 cm³/mol. The predicted octanol–water partition coefficient (Wildman–Crippen LogP) is 1.23. The molecule has 0 radical (unpaired) electrons. The molecule has 0 amide bonds. The number of sulfone groups is 1. The Labute approximate surface area is 185 Å². The molecule has 158 valence electrons. The Morgan fingerprint density at radius 1 is 1.21 bits per heavy atom. The largest absolute Gasteiger partial charge is 0.357 e. The summed E-state index contributed by atoms with van der Waals surface area (Å²) in [7, 11) is -2.85. The number of aryl methyl sites for hydroxylation is 2. The lowest BCUT2D eigenvalue weighted by atomic mass is 10.1. The number of halogens is 1. The summed E-state index contributed by atoms with van der Waals surface area (Å²) < 4.78 is 23.3. The van der Waals surface area contributed by atoms with E-state index in [0.717, 1.165) is 62.4 Å². The van der Waals surface area contributed by atoms with E-state index in [9.17, 15) is 8.42 Å². The van der Waals surface area contributed by atoms with Crippen molar-refractivity contribution in [3.63, 3.8) is 0 Å². The summed E-state index contributed by atoms with van der Waals surface area (Å²) in [6, 6.07) is 1.99. The average Bonchev–Trinajstić information content (AvgIpc) is 2.97. The number of aromatic nitrogens is 2. The van der Waals surface area contributed by atoms with Gasteiger partial charge in [-0.1, -0.05) is 0 Å². The van der Waals surface area contributed by atoms with E-state index in [-0.39, 0.29) is 35.6 Å². The highest BCUT2D eigenvalue weighted by atomic mass is 127. The number of rotatable bonds is 4. The van der Waals surface area contributed by atoms with Crippen molar-refractivity contribution in [2.45, 2.75) is 27.2 Å². The first kappa shape index (κ1) is 23.1.